The van der Waals surface area contributed by atoms with E-state index in [9.17, 15) is 0 Å². The number of aliphatic imine (C=N–C) groups is 1. The van der Waals surface area contributed by atoms with Crippen LogP contribution in [-0.4, -0.2) is 12.8 Å². The van der Waals surface area contributed by atoms with Crippen molar-refractivity contribution in [2.45, 2.75) is 56.3 Å². The van der Waals surface area contributed by atoms with Gasteiger partial charge in [0.05, 0.1) is 0 Å². The molecular weight excluding hydrogens is 623 g/mol. The number of hydrogen-bond acceptors (Lipinski definition) is 3. The van der Waals surface area contributed by atoms with Gasteiger partial charge in [0, 0.05) is 51.6 Å². The highest BCUT2D eigenvalue weighted by molar-refractivity contribution is 6.14. The molecule has 2 unspecified atom stereocenters. The molecule has 2 aromatic heterocycles. The molecule has 51 heavy (non-hydrogen) atoms. The third-order valence-electron chi connectivity index (χ3n) is 12.4. The van der Waals surface area contributed by atoms with Crippen LogP contribution in [0.5, 0.6) is 0 Å². The lowest BCUT2D eigenvalue weighted by molar-refractivity contribution is 0.205. The lowest BCUT2D eigenvalue weighted by atomic mass is 9.59. The Hall–Kier alpha value is -5.41. The molecule has 3 aliphatic carbocycles. The van der Waals surface area contributed by atoms with Gasteiger partial charge in [-0.25, -0.2) is 0 Å². The highest BCUT2D eigenvalue weighted by Gasteiger charge is 2.56. The van der Waals surface area contributed by atoms with Gasteiger partial charge in [0.2, 0.25) is 0 Å². The molecule has 3 nitrogen and oxygen atoms in total. The molecule has 7 aromatic rings. The van der Waals surface area contributed by atoms with E-state index in [1.807, 2.05) is 37.4 Å². The van der Waals surface area contributed by atoms with Crippen molar-refractivity contribution in [2.75, 3.05) is 7.05 Å². The molecular formula is C48H41NO2. The first-order chi connectivity index (χ1) is 25.1. The van der Waals surface area contributed by atoms with Crippen LogP contribution >= 0.6 is 0 Å². The Morgan fingerprint density at radius 2 is 1.43 bits per heavy atom. The van der Waals surface area contributed by atoms with E-state index in [1.165, 1.54) is 54.4 Å². The molecule has 10 rings (SSSR count). The highest BCUT2D eigenvalue weighted by atomic mass is 16.3. The number of fused-ring (bicyclic) bond motifs is 9. The van der Waals surface area contributed by atoms with Gasteiger partial charge in [-0.05, 0) is 70.9 Å². The van der Waals surface area contributed by atoms with Gasteiger partial charge in [-0.15, -0.1) is 0 Å². The molecule has 0 radical (unpaired) electrons. The molecule has 250 valence electrons. The maximum atomic E-state index is 6.66. The first-order valence-corrected chi connectivity index (χ1v) is 18.6. The van der Waals surface area contributed by atoms with Gasteiger partial charge < -0.3 is 8.83 Å². The van der Waals surface area contributed by atoms with Gasteiger partial charge >= 0.3 is 0 Å². The summed E-state index contributed by atoms with van der Waals surface area (Å²) < 4.78 is 13.2. The summed E-state index contributed by atoms with van der Waals surface area (Å²) in [6.45, 7) is 2.48. The van der Waals surface area contributed by atoms with Gasteiger partial charge in [-0.2, -0.15) is 0 Å². The zero-order chi connectivity index (χ0) is 34.2. The molecule has 0 amide bonds. The molecule has 3 heteroatoms. The van der Waals surface area contributed by atoms with Gasteiger partial charge in [0.25, 0.3) is 0 Å². The van der Waals surface area contributed by atoms with Crippen LogP contribution < -0.4 is 0 Å². The second kappa shape index (κ2) is 11.6. The number of furan rings is 2. The summed E-state index contributed by atoms with van der Waals surface area (Å²) in [5.41, 5.74) is 12.8. The predicted octanol–water partition coefficient (Wildman–Crippen LogP) is 12.1. The van der Waals surface area contributed by atoms with Crippen LogP contribution in [0.2, 0.25) is 0 Å². The topological polar surface area (TPSA) is 38.6 Å². The monoisotopic (exact) mass is 663 g/mol. The fraction of sp³-hybridized carbons (Fsp3) is 0.229. The van der Waals surface area contributed by atoms with Crippen molar-refractivity contribution in [2.24, 2.45) is 10.9 Å². The van der Waals surface area contributed by atoms with Crippen molar-refractivity contribution in [1.29, 1.82) is 0 Å². The van der Waals surface area contributed by atoms with E-state index in [0.717, 1.165) is 55.5 Å². The van der Waals surface area contributed by atoms with E-state index in [4.69, 9.17) is 13.8 Å². The fourth-order valence-electron chi connectivity index (χ4n) is 10.1. The molecule has 5 aromatic carbocycles. The standard InChI is InChI=1S/C48H41NO2/c1-47-30-34(21-24-44(47)48(25-11-4-12-26-48)40-17-9-8-16-39(40)47)33-20-23-37-36-22-19-31(28-42(36)50-43(37)29-33)27-38-35-15-7-10-18-41(35)51-46(38)45(49-2)32-13-5-3-6-14-32/h3,5-10,13-24,28-30,44H,4,11-12,25-27H2,1-2H3. The van der Waals surface area contributed by atoms with E-state index in [2.05, 4.69) is 110 Å². The largest absolute Gasteiger partial charge is 0.456 e. The summed E-state index contributed by atoms with van der Waals surface area (Å²) in [5.74, 6) is 1.32. The molecule has 3 aliphatic rings. The van der Waals surface area contributed by atoms with Crippen LogP contribution in [0, 0.1) is 5.92 Å². The zero-order valence-corrected chi connectivity index (χ0v) is 29.3. The number of nitrogens with zero attached hydrogens (tertiary/aromatic N) is 1. The number of hydrogen-bond donors (Lipinski definition) is 0. The molecule has 1 fully saturated rings. The number of benzene rings is 5. The highest BCUT2D eigenvalue weighted by Crippen LogP contribution is 2.62. The van der Waals surface area contributed by atoms with Crippen LogP contribution in [0.15, 0.2) is 147 Å². The van der Waals surface area contributed by atoms with Crippen molar-refractivity contribution >= 4 is 44.2 Å². The van der Waals surface area contributed by atoms with Crippen LogP contribution in [0.3, 0.4) is 0 Å². The average Bonchev–Trinajstić information content (AvgIpc) is 3.79. The Balaban J connectivity index is 1.01. The van der Waals surface area contributed by atoms with E-state index >= 15 is 0 Å². The Morgan fingerprint density at radius 1 is 0.706 bits per heavy atom. The lowest BCUT2D eigenvalue weighted by Crippen LogP contribution is -2.40. The summed E-state index contributed by atoms with van der Waals surface area (Å²) in [4.78, 5) is 4.70. The maximum absolute atomic E-state index is 6.66. The van der Waals surface area contributed by atoms with Crippen molar-refractivity contribution < 1.29 is 8.83 Å². The molecule has 0 aliphatic heterocycles. The first kappa shape index (κ1) is 30.4. The number of allylic oxidation sites excluding steroid dienone is 4. The Kier molecular flexibility index (Phi) is 6.90. The maximum Gasteiger partial charge on any atom is 0.157 e. The Bertz CT molecular complexity index is 2570. The second-order valence-corrected chi connectivity index (χ2v) is 15.1. The molecule has 2 heterocycles. The first-order valence-electron chi connectivity index (χ1n) is 18.6. The second-order valence-electron chi connectivity index (χ2n) is 15.1. The summed E-state index contributed by atoms with van der Waals surface area (Å²) >= 11 is 0. The summed E-state index contributed by atoms with van der Waals surface area (Å²) in [7, 11) is 1.84. The molecule has 1 spiro atoms. The van der Waals surface area contributed by atoms with Crippen molar-refractivity contribution in [3.63, 3.8) is 0 Å². The molecule has 1 saturated carbocycles. The van der Waals surface area contributed by atoms with Gasteiger partial charge in [-0.3, -0.25) is 4.99 Å². The van der Waals surface area contributed by atoms with Crippen LogP contribution in [0.25, 0.3) is 38.5 Å². The molecule has 0 N–H and O–H groups in total. The van der Waals surface area contributed by atoms with Crippen molar-refractivity contribution in [3.8, 4) is 0 Å². The fourth-order valence-corrected chi connectivity index (χ4v) is 10.1. The zero-order valence-electron chi connectivity index (χ0n) is 29.3. The molecule has 0 saturated heterocycles. The van der Waals surface area contributed by atoms with Crippen LogP contribution in [0.1, 0.15) is 78.2 Å². The summed E-state index contributed by atoms with van der Waals surface area (Å²) in [6, 6.07) is 41.3. The van der Waals surface area contributed by atoms with E-state index in [0.29, 0.717) is 12.3 Å². The van der Waals surface area contributed by atoms with Gasteiger partial charge in [0.15, 0.2) is 5.76 Å². The normalized spacial score (nSPS) is 21.0. The van der Waals surface area contributed by atoms with Gasteiger partial charge in [-0.1, -0.05) is 135 Å². The average molecular weight is 664 g/mol. The summed E-state index contributed by atoms with van der Waals surface area (Å²) in [5, 5.41) is 3.40. The van der Waals surface area contributed by atoms with E-state index in [-0.39, 0.29) is 10.8 Å². The lowest BCUT2D eigenvalue weighted by Gasteiger charge is -2.44. The SMILES string of the molecule is CN=C(c1ccccc1)c1oc2ccccc2c1Cc1ccc2c(c1)oc1cc(C3=CC4(C)c5ccccc5C5(CCCCC5)C4C=C3)ccc12. The minimum Gasteiger partial charge on any atom is -0.456 e. The van der Waals surface area contributed by atoms with Crippen molar-refractivity contribution in [3.05, 3.63) is 173 Å². The Morgan fingerprint density at radius 3 is 2.25 bits per heavy atom. The van der Waals surface area contributed by atoms with E-state index < -0.39 is 0 Å². The minimum absolute atomic E-state index is 0.0191. The quantitative estimate of drug-likeness (QED) is 0.172. The smallest absolute Gasteiger partial charge is 0.157 e. The number of rotatable bonds is 5. The van der Waals surface area contributed by atoms with Gasteiger partial charge in [0.1, 0.15) is 22.5 Å². The van der Waals surface area contributed by atoms with Crippen molar-refractivity contribution in [1.82, 2.24) is 0 Å². The number of para-hydroxylation sites is 1. The van der Waals surface area contributed by atoms with Crippen LogP contribution in [-0.2, 0) is 17.3 Å². The Labute approximate surface area is 299 Å². The van der Waals surface area contributed by atoms with Crippen LogP contribution in [0.4, 0.5) is 0 Å². The molecule has 2 atom stereocenters. The summed E-state index contributed by atoms with van der Waals surface area (Å²) in [6.07, 6.45) is 14.8. The third-order valence-corrected chi connectivity index (χ3v) is 12.4. The minimum atomic E-state index is -0.0191. The predicted molar refractivity (Wildman–Crippen MR) is 210 cm³/mol. The third kappa shape index (κ3) is 4.60. The molecule has 0 bridgehead atoms. The van der Waals surface area contributed by atoms with E-state index in [1.54, 1.807) is 5.56 Å².